The van der Waals surface area contributed by atoms with E-state index in [9.17, 15) is 34.4 Å². The second-order valence-electron chi connectivity index (χ2n) is 6.86. The summed E-state index contributed by atoms with van der Waals surface area (Å²) in [6, 6.07) is 0. The monoisotopic (exact) mass is 520 g/mol. The van der Waals surface area contributed by atoms with Crippen molar-refractivity contribution in [3.63, 3.8) is 0 Å². The minimum atomic E-state index is -4.36. The molecule has 1 fully saturated rings. The van der Waals surface area contributed by atoms with Crippen LogP contribution in [-0.2, 0) is 13.8 Å². The Bertz CT molecular complexity index is 848. The third-order valence-electron chi connectivity index (χ3n) is 4.11. The molecule has 0 saturated carbocycles. The van der Waals surface area contributed by atoms with Crippen LogP contribution in [0.25, 0.3) is 0 Å². The Labute approximate surface area is 167 Å². The quantitative estimate of drug-likeness (QED) is 0.244. The molecule has 0 radical (unpaired) electrons. The molecule has 1 aliphatic rings. The number of halogens is 1. The van der Waals surface area contributed by atoms with Gasteiger partial charge in [0.25, 0.3) is 5.56 Å². The second kappa shape index (κ2) is 8.03. The zero-order valence-electron chi connectivity index (χ0n) is 14.8. The fourth-order valence-electron chi connectivity index (χ4n) is 2.55. The third kappa shape index (κ3) is 4.88. The first-order valence-corrected chi connectivity index (χ1v) is 10.7. The summed E-state index contributed by atoms with van der Waals surface area (Å²) in [4.78, 5) is 35.3. The van der Waals surface area contributed by atoms with Gasteiger partial charge in [0.1, 0.15) is 12.2 Å². The van der Waals surface area contributed by atoms with Crippen molar-refractivity contribution in [2.24, 2.45) is 0 Å². The molecule has 1 aliphatic heterocycles. The zero-order chi connectivity index (χ0) is 20.7. The van der Waals surface area contributed by atoms with Gasteiger partial charge in [-0.3, -0.25) is 18.9 Å². The summed E-state index contributed by atoms with van der Waals surface area (Å²) in [5.74, 6) is 0. The number of hydrogen-bond donors (Lipinski definition) is 5. The van der Waals surface area contributed by atoms with Gasteiger partial charge in [-0.1, -0.05) is 0 Å². The van der Waals surface area contributed by atoms with Gasteiger partial charge in [-0.15, -0.1) is 0 Å². The van der Waals surface area contributed by atoms with Crippen molar-refractivity contribution >= 4 is 30.2 Å². The van der Waals surface area contributed by atoms with Crippen LogP contribution in [0.3, 0.4) is 0 Å². The Morgan fingerprint density at radius 3 is 2.56 bits per heavy atom. The average molecular weight is 520 g/mol. The highest BCUT2D eigenvalue weighted by atomic mass is 127. The number of nitrogens with zero attached hydrogens (tertiary/aromatic N) is 1. The number of aliphatic hydroxyl groups is 3. The molecule has 6 atom stereocenters. The molecule has 2 heterocycles. The van der Waals surface area contributed by atoms with E-state index >= 15 is 0 Å². The molecular formula is C14H22IN2O9P. The van der Waals surface area contributed by atoms with Crippen LogP contribution in [0.4, 0.5) is 0 Å². The van der Waals surface area contributed by atoms with Gasteiger partial charge in [-0.2, -0.15) is 0 Å². The molecule has 3 unspecified atom stereocenters. The van der Waals surface area contributed by atoms with Crippen LogP contribution >= 0.6 is 30.2 Å². The van der Waals surface area contributed by atoms with E-state index in [1.807, 2.05) is 0 Å². The first-order chi connectivity index (χ1) is 12.2. The molecule has 1 saturated heterocycles. The van der Waals surface area contributed by atoms with E-state index in [-0.39, 0.29) is 9.99 Å². The van der Waals surface area contributed by atoms with E-state index in [1.54, 1.807) is 22.6 Å². The second-order valence-corrected chi connectivity index (χ2v) is 10.4. The minimum Gasteiger partial charge on any atom is -0.388 e. The molecule has 2 rings (SSSR count). The molecule has 1 aromatic rings. The summed E-state index contributed by atoms with van der Waals surface area (Å²) in [6.07, 6.45) is -4.96. The molecule has 0 amide bonds. The predicted octanol–water partition coefficient (Wildman–Crippen LogP) is -0.531. The van der Waals surface area contributed by atoms with E-state index in [1.165, 1.54) is 13.1 Å². The molecule has 13 heteroatoms. The Hall–Kier alpha value is -0.600. The number of rotatable bonds is 6. The summed E-state index contributed by atoms with van der Waals surface area (Å²) in [7, 11) is -4.36. The van der Waals surface area contributed by atoms with Crippen molar-refractivity contribution in [3.05, 3.63) is 30.6 Å². The maximum absolute atomic E-state index is 12.0. The lowest BCUT2D eigenvalue weighted by Gasteiger charge is -2.28. The lowest BCUT2D eigenvalue weighted by Crippen LogP contribution is -2.38. The van der Waals surface area contributed by atoms with Gasteiger partial charge < -0.3 is 29.5 Å². The van der Waals surface area contributed by atoms with E-state index < -0.39 is 54.8 Å². The summed E-state index contributed by atoms with van der Waals surface area (Å²) in [6.45, 7) is 3.70. The number of H-pyrrole nitrogens is 1. The van der Waals surface area contributed by atoms with Crippen molar-refractivity contribution in [2.45, 2.75) is 63.2 Å². The van der Waals surface area contributed by atoms with E-state index in [2.05, 4.69) is 4.98 Å². The Morgan fingerprint density at radius 1 is 1.41 bits per heavy atom. The number of nitrogens with one attached hydrogen (secondary N) is 1. The van der Waals surface area contributed by atoms with Gasteiger partial charge in [0.15, 0.2) is 11.6 Å². The predicted molar refractivity (Wildman–Crippen MR) is 101 cm³/mol. The van der Waals surface area contributed by atoms with E-state index in [0.29, 0.717) is 0 Å². The van der Waals surface area contributed by atoms with Crippen molar-refractivity contribution in [2.75, 3.05) is 0 Å². The summed E-state index contributed by atoms with van der Waals surface area (Å²) in [5, 5.41) is 28.2. The van der Waals surface area contributed by atoms with E-state index in [4.69, 9.17) is 9.26 Å². The number of aliphatic hydroxyl groups excluding tert-OH is 2. The highest BCUT2D eigenvalue weighted by Gasteiger charge is 2.46. The molecule has 27 heavy (non-hydrogen) atoms. The van der Waals surface area contributed by atoms with Crippen LogP contribution in [0.2, 0.25) is 0 Å². The Kier molecular flexibility index (Phi) is 6.75. The Morgan fingerprint density at radius 2 is 2.00 bits per heavy atom. The number of aromatic amines is 1. The maximum atomic E-state index is 12.0. The van der Waals surface area contributed by atoms with Crippen molar-refractivity contribution in [3.8, 4) is 0 Å². The summed E-state index contributed by atoms with van der Waals surface area (Å²) in [5.41, 5.74) is -1.41. The highest BCUT2D eigenvalue weighted by Crippen LogP contribution is 2.54. The normalized spacial score (nSPS) is 29.5. The Balaban J connectivity index is 2.16. The molecule has 0 spiro atoms. The standard InChI is InChI=1S/C14H22IN2O9P/c1-6(26-27(23,24)14(2,3)22)4-8-9(18)10(19)12(25-8)17-5-7(15)11(20)16-13(17)21/h5-6,8-10,12,18-19,22H,4H2,1-3H3,(H,23,24)(H,16,20,21)/t6?,8-,9-,10-,12?/m1/s1. The lowest BCUT2D eigenvalue weighted by atomic mass is 10.1. The van der Waals surface area contributed by atoms with Gasteiger partial charge in [-0.05, 0) is 43.4 Å². The van der Waals surface area contributed by atoms with Gasteiger partial charge in [0.05, 0.1) is 15.8 Å². The first-order valence-electron chi connectivity index (χ1n) is 8.01. The molecule has 0 aromatic carbocycles. The molecule has 1 aromatic heterocycles. The van der Waals surface area contributed by atoms with Crippen LogP contribution in [-0.4, -0.2) is 59.5 Å². The van der Waals surface area contributed by atoms with Gasteiger partial charge >= 0.3 is 13.3 Å². The molecule has 11 nitrogen and oxygen atoms in total. The smallest absolute Gasteiger partial charge is 0.359 e. The van der Waals surface area contributed by atoms with Crippen LogP contribution in [0.1, 0.15) is 33.4 Å². The number of hydrogen-bond acceptors (Lipinski definition) is 8. The topological polar surface area (TPSA) is 171 Å². The van der Waals surface area contributed by atoms with Crippen molar-refractivity contribution in [1.82, 2.24) is 9.55 Å². The largest absolute Gasteiger partial charge is 0.388 e. The lowest BCUT2D eigenvalue weighted by molar-refractivity contribution is -0.0511. The molecular weight excluding hydrogens is 498 g/mol. The number of aromatic nitrogens is 2. The van der Waals surface area contributed by atoms with Crippen LogP contribution < -0.4 is 11.2 Å². The van der Waals surface area contributed by atoms with E-state index in [0.717, 1.165) is 18.4 Å². The average Bonchev–Trinajstić information content (AvgIpc) is 2.77. The number of ether oxygens (including phenoxy) is 1. The van der Waals surface area contributed by atoms with Crippen LogP contribution in [0.15, 0.2) is 15.8 Å². The maximum Gasteiger partial charge on any atom is 0.359 e. The van der Waals surface area contributed by atoms with Gasteiger partial charge in [0, 0.05) is 12.6 Å². The zero-order valence-corrected chi connectivity index (χ0v) is 17.8. The fourth-order valence-corrected chi connectivity index (χ4v) is 3.81. The van der Waals surface area contributed by atoms with Gasteiger partial charge in [-0.25, -0.2) is 4.79 Å². The highest BCUT2D eigenvalue weighted by molar-refractivity contribution is 14.1. The summed E-state index contributed by atoms with van der Waals surface area (Å²) >= 11 is 1.71. The molecule has 5 N–H and O–H groups in total. The van der Waals surface area contributed by atoms with Crippen LogP contribution in [0, 0.1) is 3.57 Å². The fraction of sp³-hybridized carbons (Fsp3) is 0.714. The van der Waals surface area contributed by atoms with Crippen molar-refractivity contribution in [1.29, 1.82) is 0 Å². The summed E-state index contributed by atoms with van der Waals surface area (Å²) < 4.78 is 23.7. The molecule has 0 aliphatic carbocycles. The van der Waals surface area contributed by atoms with Crippen molar-refractivity contribution < 1.29 is 34.0 Å². The SMILES string of the molecule is CC(C[C@H]1OC(n2cc(I)c(=O)[nH]c2=O)[C@H](O)[C@@H]1O)OP(=O)(O)C(C)(C)O. The van der Waals surface area contributed by atoms with Gasteiger partial charge in [0.2, 0.25) is 0 Å². The third-order valence-corrected chi connectivity index (χ3v) is 6.91. The molecule has 154 valence electrons. The first kappa shape index (κ1) is 22.7. The van der Waals surface area contributed by atoms with Crippen LogP contribution in [0.5, 0.6) is 0 Å². The minimum absolute atomic E-state index is 0.0927. The molecule has 0 bridgehead atoms.